The summed E-state index contributed by atoms with van der Waals surface area (Å²) in [6, 6.07) is 0. The summed E-state index contributed by atoms with van der Waals surface area (Å²) >= 11 is 0. The molecule has 0 atom stereocenters. The van der Waals surface area contributed by atoms with E-state index in [2.05, 4.69) is 4.98 Å². The molecule has 0 radical (unpaired) electrons. The van der Waals surface area contributed by atoms with Crippen molar-refractivity contribution >= 4 is 5.97 Å². The van der Waals surface area contributed by atoms with Crippen molar-refractivity contribution in [2.45, 2.75) is 44.4 Å². The van der Waals surface area contributed by atoms with Gasteiger partial charge in [-0.1, -0.05) is 0 Å². The predicted molar refractivity (Wildman–Crippen MR) is 68.2 cm³/mol. The molecule has 21 heavy (non-hydrogen) atoms. The van der Waals surface area contributed by atoms with Gasteiger partial charge in [-0.3, -0.25) is 0 Å². The number of carboxylic acids is 1. The molecule has 4 nitrogen and oxygen atoms in total. The number of rotatable bonds is 3. The molecular weight excluding hydrogens is 280 g/mol. The van der Waals surface area contributed by atoms with Gasteiger partial charge in [0, 0.05) is 5.92 Å². The molecule has 0 unspecified atom stereocenters. The number of aromatic nitrogens is 1. The van der Waals surface area contributed by atoms with E-state index >= 15 is 0 Å². The standard InChI is InChI=1S/C15H17F2NO3/c16-13(17)11-12(15(19)20)21-14(18-11)10-8-2-6-1-7(4-8)5-9(10)3-6/h6-10,13H,1-5H2,(H,19,20). The van der Waals surface area contributed by atoms with Crippen LogP contribution in [-0.2, 0) is 0 Å². The summed E-state index contributed by atoms with van der Waals surface area (Å²) in [7, 11) is 0. The maximum absolute atomic E-state index is 12.9. The first-order valence-electron chi connectivity index (χ1n) is 7.55. The minimum absolute atomic E-state index is 0.0309. The molecule has 0 saturated heterocycles. The van der Waals surface area contributed by atoms with Gasteiger partial charge >= 0.3 is 5.97 Å². The number of carboxylic acid groups (broad SMARTS) is 1. The minimum atomic E-state index is -2.91. The lowest BCUT2D eigenvalue weighted by atomic mass is 9.52. The number of carbonyl (C=O) groups is 1. The molecule has 4 aliphatic rings. The number of hydrogen-bond acceptors (Lipinski definition) is 3. The van der Waals surface area contributed by atoms with Crippen molar-refractivity contribution in [2.24, 2.45) is 23.7 Å². The summed E-state index contributed by atoms with van der Waals surface area (Å²) in [4.78, 5) is 14.9. The zero-order valence-electron chi connectivity index (χ0n) is 11.5. The Balaban J connectivity index is 1.70. The Hall–Kier alpha value is -1.46. The van der Waals surface area contributed by atoms with E-state index in [0.29, 0.717) is 11.8 Å². The first kappa shape index (κ1) is 13.2. The van der Waals surface area contributed by atoms with Gasteiger partial charge < -0.3 is 9.52 Å². The second-order valence-corrected chi connectivity index (χ2v) is 6.83. The summed E-state index contributed by atoms with van der Waals surface area (Å²) in [5.74, 6) is 0.472. The normalized spacial score (nSPS) is 37.4. The first-order chi connectivity index (χ1) is 10.0. The summed E-state index contributed by atoms with van der Waals surface area (Å²) in [6.07, 6.45) is 2.80. The van der Waals surface area contributed by atoms with Gasteiger partial charge in [0.05, 0.1) is 0 Å². The van der Waals surface area contributed by atoms with Crippen LogP contribution < -0.4 is 0 Å². The number of aromatic carboxylic acids is 1. The minimum Gasteiger partial charge on any atom is -0.475 e. The van der Waals surface area contributed by atoms with Crippen LogP contribution in [0.5, 0.6) is 0 Å². The lowest BCUT2D eigenvalue weighted by molar-refractivity contribution is -0.0119. The molecule has 5 rings (SSSR count). The van der Waals surface area contributed by atoms with E-state index in [1.165, 1.54) is 6.42 Å². The number of alkyl halides is 2. The molecule has 0 amide bonds. The highest BCUT2D eigenvalue weighted by Crippen LogP contribution is 2.59. The third-order valence-corrected chi connectivity index (χ3v) is 5.58. The summed E-state index contributed by atoms with van der Waals surface area (Å²) in [5, 5.41) is 9.01. The maximum atomic E-state index is 12.9. The molecule has 0 aliphatic heterocycles. The molecular formula is C15H17F2NO3. The van der Waals surface area contributed by atoms with Gasteiger partial charge in [-0.25, -0.2) is 18.6 Å². The summed E-state index contributed by atoms with van der Waals surface area (Å²) < 4.78 is 31.2. The fourth-order valence-electron chi connectivity index (χ4n) is 5.12. The van der Waals surface area contributed by atoms with E-state index in [-0.39, 0.29) is 11.8 Å². The molecule has 114 valence electrons. The van der Waals surface area contributed by atoms with Crippen LogP contribution >= 0.6 is 0 Å². The number of hydrogen-bond donors (Lipinski definition) is 1. The molecule has 4 bridgehead atoms. The number of nitrogens with zero attached hydrogens (tertiary/aromatic N) is 1. The molecule has 6 heteroatoms. The van der Waals surface area contributed by atoms with E-state index in [1.807, 2.05) is 0 Å². The topological polar surface area (TPSA) is 63.3 Å². The average molecular weight is 297 g/mol. The Morgan fingerprint density at radius 1 is 1.14 bits per heavy atom. The summed E-state index contributed by atoms with van der Waals surface area (Å²) in [6.45, 7) is 0. The smallest absolute Gasteiger partial charge is 0.374 e. The predicted octanol–water partition coefficient (Wildman–Crippen LogP) is 3.85. The highest BCUT2D eigenvalue weighted by atomic mass is 19.3. The van der Waals surface area contributed by atoms with Crippen molar-refractivity contribution in [3.63, 3.8) is 0 Å². The molecule has 4 aliphatic carbocycles. The molecule has 1 aromatic rings. The molecule has 0 aromatic carbocycles. The SMILES string of the molecule is O=C(O)c1oc(C2C3CC4CC(C3)CC2C4)nc1C(F)F. The Morgan fingerprint density at radius 3 is 2.14 bits per heavy atom. The largest absolute Gasteiger partial charge is 0.475 e. The van der Waals surface area contributed by atoms with Crippen molar-refractivity contribution in [1.29, 1.82) is 0 Å². The maximum Gasteiger partial charge on any atom is 0.374 e. The molecule has 1 N–H and O–H groups in total. The van der Waals surface area contributed by atoms with Crippen LogP contribution in [-0.4, -0.2) is 16.1 Å². The summed E-state index contributed by atoms with van der Waals surface area (Å²) in [5.41, 5.74) is -0.716. The van der Waals surface area contributed by atoms with Gasteiger partial charge in [-0.2, -0.15) is 0 Å². The van der Waals surface area contributed by atoms with Gasteiger partial charge in [0.2, 0.25) is 5.76 Å². The van der Waals surface area contributed by atoms with E-state index < -0.39 is 23.8 Å². The van der Waals surface area contributed by atoms with Crippen molar-refractivity contribution in [1.82, 2.24) is 4.98 Å². The second-order valence-electron chi connectivity index (χ2n) is 6.83. The van der Waals surface area contributed by atoms with Gasteiger partial charge in [-0.15, -0.1) is 0 Å². The molecule has 4 fully saturated rings. The molecule has 1 aromatic heterocycles. The van der Waals surface area contributed by atoms with Gasteiger partial charge in [0.15, 0.2) is 11.6 Å². The zero-order valence-corrected chi connectivity index (χ0v) is 11.5. The van der Waals surface area contributed by atoms with Gasteiger partial charge in [-0.05, 0) is 55.8 Å². The van der Waals surface area contributed by atoms with Gasteiger partial charge in [0.1, 0.15) is 0 Å². The Labute approximate surface area is 120 Å². The fourth-order valence-corrected chi connectivity index (χ4v) is 5.12. The van der Waals surface area contributed by atoms with Crippen LogP contribution in [0.4, 0.5) is 8.78 Å². The van der Waals surface area contributed by atoms with E-state index in [9.17, 15) is 13.6 Å². The van der Waals surface area contributed by atoms with Crippen LogP contribution in [0.2, 0.25) is 0 Å². The van der Waals surface area contributed by atoms with Crippen molar-refractivity contribution in [3.05, 3.63) is 17.3 Å². The third kappa shape index (κ3) is 1.99. The molecule has 0 spiro atoms. The second kappa shape index (κ2) is 4.52. The molecule has 4 saturated carbocycles. The van der Waals surface area contributed by atoms with Gasteiger partial charge in [0.25, 0.3) is 6.43 Å². The lowest BCUT2D eigenvalue weighted by Gasteiger charge is -2.53. The number of halogens is 2. The van der Waals surface area contributed by atoms with Crippen LogP contribution in [0.3, 0.4) is 0 Å². The van der Waals surface area contributed by atoms with E-state index in [1.54, 1.807) is 0 Å². The van der Waals surface area contributed by atoms with Crippen LogP contribution in [0, 0.1) is 23.7 Å². The van der Waals surface area contributed by atoms with E-state index in [0.717, 1.165) is 37.5 Å². The Bertz CT molecular complexity index is 555. The Morgan fingerprint density at radius 2 is 1.71 bits per heavy atom. The van der Waals surface area contributed by atoms with Crippen LogP contribution in [0.1, 0.15) is 66.6 Å². The van der Waals surface area contributed by atoms with Crippen LogP contribution in [0.15, 0.2) is 4.42 Å². The highest BCUT2D eigenvalue weighted by Gasteiger charge is 2.50. The monoisotopic (exact) mass is 297 g/mol. The van der Waals surface area contributed by atoms with Crippen molar-refractivity contribution in [3.8, 4) is 0 Å². The highest BCUT2D eigenvalue weighted by molar-refractivity contribution is 5.85. The zero-order chi connectivity index (χ0) is 14.7. The first-order valence-corrected chi connectivity index (χ1v) is 7.55. The average Bonchev–Trinajstić information content (AvgIpc) is 2.82. The third-order valence-electron chi connectivity index (χ3n) is 5.58. The van der Waals surface area contributed by atoms with Crippen molar-refractivity contribution in [2.75, 3.05) is 0 Å². The van der Waals surface area contributed by atoms with Crippen LogP contribution in [0.25, 0.3) is 0 Å². The quantitative estimate of drug-likeness (QED) is 0.920. The molecule has 1 heterocycles. The number of oxazole rings is 1. The fraction of sp³-hybridized carbons (Fsp3) is 0.733. The van der Waals surface area contributed by atoms with E-state index in [4.69, 9.17) is 9.52 Å². The van der Waals surface area contributed by atoms with Crippen molar-refractivity contribution < 1.29 is 23.1 Å². The lowest BCUT2D eigenvalue weighted by Crippen LogP contribution is -2.43. The Kier molecular flexibility index (Phi) is 2.84.